The Morgan fingerprint density at radius 3 is 1.32 bits per heavy atom. The highest BCUT2D eigenvalue weighted by Crippen LogP contribution is 2.23. The molecular formula is C51H48N6O6. The highest BCUT2D eigenvalue weighted by molar-refractivity contribution is 6.13. The normalized spacial score (nSPS) is 11.3. The summed E-state index contributed by atoms with van der Waals surface area (Å²) in [7, 11) is 0. The number of rotatable bonds is 17. The van der Waals surface area contributed by atoms with Crippen molar-refractivity contribution in [2.45, 2.75) is 33.6 Å². The van der Waals surface area contributed by atoms with Crippen molar-refractivity contribution in [3.63, 3.8) is 0 Å². The Hall–Kier alpha value is -8.38. The summed E-state index contributed by atoms with van der Waals surface area (Å²) in [5.74, 6) is -2.84. The third kappa shape index (κ3) is 14.1. The molecule has 6 amide bonds. The Bertz CT molecular complexity index is 2640. The first-order valence-electron chi connectivity index (χ1n) is 20.1. The highest BCUT2D eigenvalue weighted by atomic mass is 16.2. The van der Waals surface area contributed by atoms with Crippen molar-refractivity contribution >= 4 is 69.6 Å². The third-order valence-corrected chi connectivity index (χ3v) is 9.10. The molecule has 0 unspecified atom stereocenters. The second-order valence-electron chi connectivity index (χ2n) is 14.0. The second-order valence-corrected chi connectivity index (χ2v) is 14.0. The Labute approximate surface area is 366 Å². The minimum atomic E-state index is -0.641. The van der Waals surface area contributed by atoms with Crippen LogP contribution in [0.25, 0.3) is 0 Å². The molecule has 0 fully saturated rings. The van der Waals surface area contributed by atoms with Crippen LogP contribution in [0.4, 0.5) is 34.1 Å². The highest BCUT2D eigenvalue weighted by Gasteiger charge is 2.19. The van der Waals surface area contributed by atoms with Gasteiger partial charge in [-0.1, -0.05) is 92.4 Å². The van der Waals surface area contributed by atoms with Gasteiger partial charge in [0.1, 0.15) is 0 Å². The molecule has 0 aliphatic heterocycles. The zero-order valence-electron chi connectivity index (χ0n) is 35.2. The van der Waals surface area contributed by atoms with Gasteiger partial charge in [0.05, 0.1) is 6.42 Å². The molecule has 0 bridgehead atoms. The van der Waals surface area contributed by atoms with Gasteiger partial charge in [-0.3, -0.25) is 28.8 Å². The van der Waals surface area contributed by atoms with Crippen LogP contribution in [0.1, 0.15) is 75.0 Å². The molecule has 0 spiro atoms. The van der Waals surface area contributed by atoms with Crippen LogP contribution in [0.15, 0.2) is 182 Å². The SMILES string of the molecule is C=C(C=CC=CC)CC(=O)Nc1cccc(NC(=O)c2cc(C(=O)Nc3cccc(NC(=O)C(=CC=CC)CC)c3)cc(C(=O)Nc3cccc(NC(=O)c4ccccc4)c3)c2)c1. The van der Waals surface area contributed by atoms with Crippen LogP contribution >= 0.6 is 0 Å². The van der Waals surface area contributed by atoms with Gasteiger partial charge < -0.3 is 31.9 Å². The maximum absolute atomic E-state index is 13.9. The van der Waals surface area contributed by atoms with Crippen molar-refractivity contribution in [3.8, 4) is 0 Å². The fraction of sp³-hybridized carbons (Fsp3) is 0.0980. The van der Waals surface area contributed by atoms with E-state index in [1.54, 1.807) is 127 Å². The lowest BCUT2D eigenvalue weighted by molar-refractivity contribution is -0.115. The monoisotopic (exact) mass is 840 g/mol. The van der Waals surface area contributed by atoms with Crippen LogP contribution in [0.2, 0.25) is 0 Å². The lowest BCUT2D eigenvalue weighted by Crippen LogP contribution is -2.20. The van der Waals surface area contributed by atoms with Crippen LogP contribution in [-0.4, -0.2) is 35.4 Å². The number of benzene rings is 5. The molecular weight excluding hydrogens is 793 g/mol. The first-order chi connectivity index (χ1) is 30.4. The van der Waals surface area contributed by atoms with Crippen molar-refractivity contribution in [3.05, 3.63) is 204 Å². The second kappa shape index (κ2) is 22.8. The van der Waals surface area contributed by atoms with Gasteiger partial charge in [0.25, 0.3) is 29.5 Å². The summed E-state index contributed by atoms with van der Waals surface area (Å²) in [5, 5.41) is 16.8. The van der Waals surface area contributed by atoms with E-state index in [1.807, 2.05) is 39.0 Å². The van der Waals surface area contributed by atoms with Crippen LogP contribution in [0.5, 0.6) is 0 Å². The van der Waals surface area contributed by atoms with Crippen LogP contribution < -0.4 is 31.9 Å². The summed E-state index contributed by atoms with van der Waals surface area (Å²) in [6.45, 7) is 9.52. The van der Waals surface area contributed by atoms with Crippen LogP contribution in [-0.2, 0) is 9.59 Å². The van der Waals surface area contributed by atoms with E-state index in [9.17, 15) is 28.8 Å². The van der Waals surface area contributed by atoms with E-state index in [1.165, 1.54) is 18.2 Å². The summed E-state index contributed by atoms with van der Waals surface area (Å²) < 4.78 is 0. The van der Waals surface area contributed by atoms with Gasteiger partial charge in [-0.2, -0.15) is 0 Å². The topological polar surface area (TPSA) is 175 Å². The molecule has 5 rings (SSSR count). The van der Waals surface area contributed by atoms with E-state index in [4.69, 9.17) is 0 Å². The third-order valence-electron chi connectivity index (χ3n) is 9.10. The zero-order valence-corrected chi connectivity index (χ0v) is 35.2. The smallest absolute Gasteiger partial charge is 0.255 e. The van der Waals surface area contributed by atoms with Crippen LogP contribution in [0, 0.1) is 0 Å². The summed E-state index contributed by atoms with van der Waals surface area (Å²) in [6, 6.07) is 32.4. The van der Waals surface area contributed by atoms with Gasteiger partial charge in [0.15, 0.2) is 0 Å². The molecule has 0 aromatic heterocycles. The number of anilines is 6. The van der Waals surface area contributed by atoms with E-state index in [2.05, 4.69) is 38.5 Å². The summed E-state index contributed by atoms with van der Waals surface area (Å²) in [4.78, 5) is 80.0. The van der Waals surface area contributed by atoms with Crippen LogP contribution in [0.3, 0.4) is 0 Å². The van der Waals surface area contributed by atoms with E-state index < -0.39 is 17.7 Å². The zero-order chi connectivity index (χ0) is 45.1. The van der Waals surface area contributed by atoms with Crippen molar-refractivity contribution in [2.24, 2.45) is 0 Å². The molecule has 0 heterocycles. The van der Waals surface area contributed by atoms with Gasteiger partial charge in [-0.05, 0) is 111 Å². The minimum absolute atomic E-state index is 0.0154. The van der Waals surface area contributed by atoms with E-state index >= 15 is 0 Å². The first kappa shape index (κ1) is 45.7. The van der Waals surface area contributed by atoms with Gasteiger partial charge >= 0.3 is 0 Å². The molecule has 5 aromatic carbocycles. The average Bonchev–Trinajstić information content (AvgIpc) is 3.27. The number of nitrogens with one attached hydrogen (secondary N) is 6. The standard InChI is InChI=1S/C51H48N6O6/c1-5-8-11-17-34(4)27-46(58)52-40-21-14-22-41(31-40)55-49(61)37-28-38(50(62)56-44-25-15-23-42(32-44)53-47(59)35(7-3)18-9-6-2)30-39(29-37)51(63)57-45-26-16-24-43(33-45)54-48(60)36-19-12-10-13-20-36/h5-6,8-26,28-33H,4,7,27H2,1-3H3,(H,52,58)(H,53,59)(H,54,60)(H,55,61)(H,56,62)(H,57,63). The van der Waals surface area contributed by atoms with Crippen molar-refractivity contribution in [2.75, 3.05) is 31.9 Å². The van der Waals surface area contributed by atoms with Crippen molar-refractivity contribution in [1.82, 2.24) is 0 Å². The Kier molecular flexibility index (Phi) is 16.6. The molecule has 0 saturated heterocycles. The first-order valence-corrected chi connectivity index (χ1v) is 20.1. The predicted molar refractivity (Wildman–Crippen MR) is 252 cm³/mol. The molecule has 12 heteroatoms. The summed E-state index contributed by atoms with van der Waals surface area (Å²) in [6.07, 6.45) is 13.1. The molecule has 0 atom stereocenters. The Morgan fingerprint density at radius 2 is 0.889 bits per heavy atom. The largest absolute Gasteiger partial charge is 0.326 e. The molecule has 0 saturated carbocycles. The maximum atomic E-state index is 13.9. The predicted octanol–water partition coefficient (Wildman–Crippen LogP) is 10.6. The van der Waals surface area contributed by atoms with Crippen molar-refractivity contribution in [1.29, 1.82) is 0 Å². The van der Waals surface area contributed by atoms with E-state index in [-0.39, 0.29) is 40.8 Å². The van der Waals surface area contributed by atoms with Gasteiger partial charge in [-0.15, -0.1) is 0 Å². The maximum Gasteiger partial charge on any atom is 0.255 e. The molecule has 12 nitrogen and oxygen atoms in total. The Morgan fingerprint density at radius 1 is 0.476 bits per heavy atom. The molecule has 0 aliphatic carbocycles. The number of carbonyl (C=O) groups excluding carboxylic acids is 6. The molecule has 5 aromatic rings. The number of hydrogen-bond acceptors (Lipinski definition) is 6. The molecule has 0 radical (unpaired) electrons. The average molecular weight is 841 g/mol. The fourth-order valence-electron chi connectivity index (χ4n) is 6.00. The number of allylic oxidation sites excluding steroid dienone is 7. The van der Waals surface area contributed by atoms with E-state index in [0.717, 1.165) is 0 Å². The van der Waals surface area contributed by atoms with Gasteiger partial charge in [0.2, 0.25) is 5.91 Å². The molecule has 0 aliphatic rings. The van der Waals surface area contributed by atoms with E-state index in [0.29, 0.717) is 57.3 Å². The molecule has 6 N–H and O–H groups in total. The number of amides is 6. The molecule has 318 valence electrons. The lowest BCUT2D eigenvalue weighted by atomic mass is 10.0. The van der Waals surface area contributed by atoms with Gasteiger partial charge in [0, 0.05) is 62.0 Å². The minimum Gasteiger partial charge on any atom is -0.326 e. The Balaban J connectivity index is 1.39. The summed E-state index contributed by atoms with van der Waals surface area (Å²) in [5.41, 5.74) is 3.91. The fourth-order valence-corrected chi connectivity index (χ4v) is 6.00. The lowest BCUT2D eigenvalue weighted by Gasteiger charge is -2.13. The quantitative estimate of drug-likeness (QED) is 0.0401. The van der Waals surface area contributed by atoms with Gasteiger partial charge in [-0.25, -0.2) is 0 Å². The summed E-state index contributed by atoms with van der Waals surface area (Å²) >= 11 is 0. The van der Waals surface area contributed by atoms with Crippen molar-refractivity contribution < 1.29 is 28.8 Å². The number of carbonyl (C=O) groups is 6. The number of hydrogen-bond donors (Lipinski definition) is 6. The molecule has 63 heavy (non-hydrogen) atoms.